The Kier molecular flexibility index (Phi) is 6.92. The largest absolute Gasteiger partial charge is 0.501 e. The standard InChI is InChI=1S/C24H25FN6O4S2/c1-28-5-7-29(8-6-28)19(32)14-30-9-10-31-23(34)21(33)20(27-24(30)31)22-26-13-17(36-22)11-15-3-4-16(25)12-18(15)37(2)35/h3-4,9-10,12-13,33H,5-8,11,14H2,1-2H3. The summed E-state index contributed by atoms with van der Waals surface area (Å²) in [6, 6.07) is 4.16. The van der Waals surface area contributed by atoms with Crippen LogP contribution in [0.3, 0.4) is 0 Å². The van der Waals surface area contributed by atoms with Gasteiger partial charge in [0.25, 0.3) is 0 Å². The molecule has 10 nitrogen and oxygen atoms in total. The lowest BCUT2D eigenvalue weighted by Crippen LogP contribution is -2.48. The van der Waals surface area contributed by atoms with Gasteiger partial charge in [-0.1, -0.05) is 6.07 Å². The van der Waals surface area contributed by atoms with E-state index in [-0.39, 0.29) is 23.9 Å². The van der Waals surface area contributed by atoms with Crippen molar-refractivity contribution in [3.63, 3.8) is 0 Å². The normalized spacial score (nSPS) is 15.4. The molecule has 4 aromatic rings. The number of carbonyl (C=O) groups excluding carboxylic acids is 1. The molecule has 0 spiro atoms. The molecule has 1 atom stereocenters. The van der Waals surface area contributed by atoms with Crippen molar-refractivity contribution in [3.8, 4) is 16.5 Å². The number of fused-ring (bicyclic) bond motifs is 1. The Labute approximate surface area is 218 Å². The number of carbonyl (C=O) groups is 1. The van der Waals surface area contributed by atoms with E-state index in [0.717, 1.165) is 18.0 Å². The zero-order valence-electron chi connectivity index (χ0n) is 20.3. The van der Waals surface area contributed by atoms with Crippen LogP contribution < -0.4 is 5.56 Å². The first-order valence-corrected chi connectivity index (χ1v) is 13.9. The number of imidazole rings is 1. The lowest BCUT2D eigenvalue weighted by Gasteiger charge is -2.32. The Morgan fingerprint density at radius 2 is 1.97 bits per heavy atom. The van der Waals surface area contributed by atoms with Crippen LogP contribution in [0.25, 0.3) is 16.5 Å². The number of thiazole rings is 1. The third-order valence-electron chi connectivity index (χ3n) is 6.35. The average Bonchev–Trinajstić information content (AvgIpc) is 3.50. The number of hydrogen-bond donors (Lipinski definition) is 1. The smallest absolute Gasteiger partial charge is 0.302 e. The molecule has 37 heavy (non-hydrogen) atoms. The molecule has 1 unspecified atom stereocenters. The molecule has 1 aliphatic rings. The van der Waals surface area contributed by atoms with E-state index < -0.39 is 27.9 Å². The fourth-order valence-corrected chi connectivity index (χ4v) is 5.98. The third kappa shape index (κ3) is 5.06. The molecule has 5 rings (SSSR count). The number of aromatic hydroxyl groups is 1. The minimum absolute atomic E-state index is 0.0154. The summed E-state index contributed by atoms with van der Waals surface area (Å²) in [7, 11) is 0.641. The molecule has 0 saturated carbocycles. The van der Waals surface area contributed by atoms with Crippen LogP contribution in [0.2, 0.25) is 0 Å². The lowest BCUT2D eigenvalue weighted by atomic mass is 10.1. The van der Waals surface area contributed by atoms with Gasteiger partial charge in [-0.3, -0.25) is 13.8 Å². The topological polar surface area (TPSA) is 113 Å². The van der Waals surface area contributed by atoms with Gasteiger partial charge < -0.3 is 19.5 Å². The van der Waals surface area contributed by atoms with Gasteiger partial charge in [-0.05, 0) is 24.7 Å². The average molecular weight is 545 g/mol. The first-order chi connectivity index (χ1) is 17.7. The molecular weight excluding hydrogens is 519 g/mol. The number of halogens is 1. The van der Waals surface area contributed by atoms with Crippen LogP contribution >= 0.6 is 11.3 Å². The SMILES string of the molecule is CN1CCN(C(=O)Cn2ccn3c(=O)c(O)c(-c4ncc(Cc5ccc(F)cc5S(C)=O)s4)nc23)CC1. The first kappa shape index (κ1) is 25.2. The lowest BCUT2D eigenvalue weighted by molar-refractivity contribution is -0.133. The van der Waals surface area contributed by atoms with Gasteiger partial charge in [-0.2, -0.15) is 0 Å². The Morgan fingerprint density at radius 1 is 1.22 bits per heavy atom. The summed E-state index contributed by atoms with van der Waals surface area (Å²) in [5.41, 5.74) is 0.0535. The molecule has 194 valence electrons. The van der Waals surface area contributed by atoms with Gasteiger partial charge in [-0.15, -0.1) is 11.3 Å². The van der Waals surface area contributed by atoms with Crippen LogP contribution in [0.1, 0.15) is 10.4 Å². The summed E-state index contributed by atoms with van der Waals surface area (Å²) in [5, 5.41) is 10.9. The van der Waals surface area contributed by atoms with Crippen molar-refractivity contribution in [1.29, 1.82) is 0 Å². The van der Waals surface area contributed by atoms with Crippen molar-refractivity contribution in [2.75, 3.05) is 39.5 Å². The van der Waals surface area contributed by atoms with E-state index in [0.29, 0.717) is 35.0 Å². The van der Waals surface area contributed by atoms with E-state index in [4.69, 9.17) is 0 Å². The molecule has 1 aliphatic heterocycles. The second kappa shape index (κ2) is 10.1. The zero-order valence-corrected chi connectivity index (χ0v) is 21.9. The highest BCUT2D eigenvalue weighted by molar-refractivity contribution is 7.84. The monoisotopic (exact) mass is 544 g/mol. The van der Waals surface area contributed by atoms with Crippen LogP contribution in [0.4, 0.5) is 4.39 Å². The van der Waals surface area contributed by atoms with Crippen molar-refractivity contribution in [2.24, 2.45) is 0 Å². The third-order valence-corrected chi connectivity index (χ3v) is 8.35. The predicted molar refractivity (Wildman–Crippen MR) is 138 cm³/mol. The van der Waals surface area contributed by atoms with Gasteiger partial charge in [0, 0.05) is 67.2 Å². The van der Waals surface area contributed by atoms with Crippen molar-refractivity contribution in [1.82, 2.24) is 28.7 Å². The summed E-state index contributed by atoms with van der Waals surface area (Å²) in [5.74, 6) is -0.858. The van der Waals surface area contributed by atoms with Gasteiger partial charge in [0.15, 0.2) is 5.69 Å². The van der Waals surface area contributed by atoms with Crippen LogP contribution in [0.15, 0.2) is 46.5 Å². The van der Waals surface area contributed by atoms with Crippen LogP contribution in [-0.2, 0) is 28.6 Å². The maximum Gasteiger partial charge on any atom is 0.302 e. The summed E-state index contributed by atoms with van der Waals surface area (Å²) in [4.78, 5) is 39.7. The van der Waals surface area contributed by atoms with E-state index >= 15 is 0 Å². The van der Waals surface area contributed by atoms with Crippen LogP contribution in [0, 0.1) is 5.82 Å². The maximum absolute atomic E-state index is 13.6. The van der Waals surface area contributed by atoms with E-state index in [2.05, 4.69) is 14.9 Å². The quantitative estimate of drug-likeness (QED) is 0.392. The number of hydrogen-bond acceptors (Lipinski definition) is 8. The van der Waals surface area contributed by atoms with Crippen LogP contribution in [0.5, 0.6) is 5.75 Å². The number of aromatic nitrogens is 4. The van der Waals surface area contributed by atoms with Gasteiger partial charge >= 0.3 is 5.56 Å². The molecule has 1 N–H and O–H groups in total. The van der Waals surface area contributed by atoms with Crippen molar-refractivity contribution in [3.05, 3.63) is 63.4 Å². The van der Waals surface area contributed by atoms with Crippen molar-refractivity contribution in [2.45, 2.75) is 17.9 Å². The maximum atomic E-state index is 13.6. The highest BCUT2D eigenvalue weighted by Crippen LogP contribution is 2.31. The number of piperazine rings is 1. The molecule has 1 fully saturated rings. The van der Waals surface area contributed by atoms with Gasteiger partial charge in [0.1, 0.15) is 17.4 Å². The van der Waals surface area contributed by atoms with Gasteiger partial charge in [-0.25, -0.2) is 18.8 Å². The fraction of sp³-hybridized carbons (Fsp3) is 0.333. The van der Waals surface area contributed by atoms with E-state index in [1.165, 1.54) is 40.3 Å². The number of likely N-dealkylation sites (N-methyl/N-ethyl adjacent to an activating group) is 1. The molecule has 0 radical (unpaired) electrons. The van der Waals surface area contributed by atoms with E-state index in [1.54, 1.807) is 27.9 Å². The molecule has 1 saturated heterocycles. The van der Waals surface area contributed by atoms with Gasteiger partial charge in [0.05, 0.1) is 10.8 Å². The molecule has 3 aromatic heterocycles. The second-order valence-corrected chi connectivity index (χ2v) is 11.4. The molecule has 13 heteroatoms. The molecule has 0 bridgehead atoms. The molecule has 4 heterocycles. The van der Waals surface area contributed by atoms with E-state index in [1.807, 2.05) is 7.05 Å². The Hall–Kier alpha value is -3.42. The van der Waals surface area contributed by atoms with Crippen molar-refractivity contribution >= 4 is 33.8 Å². The number of amides is 1. The Bertz CT molecular complexity index is 1570. The molecular formula is C24H25FN6O4S2. The summed E-state index contributed by atoms with van der Waals surface area (Å²) < 4.78 is 28.5. The minimum Gasteiger partial charge on any atom is -0.501 e. The first-order valence-electron chi connectivity index (χ1n) is 11.5. The fourth-order valence-electron chi connectivity index (χ4n) is 4.27. The number of nitrogens with zero attached hydrogens (tertiary/aromatic N) is 6. The van der Waals surface area contributed by atoms with E-state index in [9.17, 15) is 23.3 Å². The number of benzene rings is 1. The zero-order chi connectivity index (χ0) is 26.3. The highest BCUT2D eigenvalue weighted by Gasteiger charge is 2.23. The molecule has 1 amide bonds. The predicted octanol–water partition coefficient (Wildman–Crippen LogP) is 1.57. The van der Waals surface area contributed by atoms with Crippen LogP contribution in [-0.4, -0.2) is 83.4 Å². The summed E-state index contributed by atoms with van der Waals surface area (Å²) >= 11 is 1.22. The molecule has 1 aromatic carbocycles. The van der Waals surface area contributed by atoms with Gasteiger partial charge in [0.2, 0.25) is 17.4 Å². The summed E-state index contributed by atoms with van der Waals surface area (Å²) in [6.45, 7) is 2.89. The highest BCUT2D eigenvalue weighted by atomic mass is 32.2. The second-order valence-electron chi connectivity index (χ2n) is 8.91. The number of rotatable bonds is 6. The Balaban J connectivity index is 1.44. The summed E-state index contributed by atoms with van der Waals surface area (Å²) in [6.07, 6.45) is 6.49. The Morgan fingerprint density at radius 3 is 2.70 bits per heavy atom. The molecule has 0 aliphatic carbocycles. The van der Waals surface area contributed by atoms with Crippen molar-refractivity contribution < 1.29 is 18.5 Å². The minimum atomic E-state index is -1.37.